The minimum Gasteiger partial charge on any atom is -0.387 e. The maximum absolute atomic E-state index is 7.42. The molecule has 88 valence electrons. The summed E-state index contributed by atoms with van der Waals surface area (Å²) in [7, 11) is 0. The van der Waals surface area contributed by atoms with Crippen molar-refractivity contribution in [3.8, 4) is 0 Å². The summed E-state index contributed by atoms with van der Waals surface area (Å²) < 4.78 is 5.55. The molecule has 0 saturated carbocycles. The summed E-state index contributed by atoms with van der Waals surface area (Å²) in [5.41, 5.74) is 6.39. The average molecular weight is 220 g/mol. The number of rotatable bonds is 6. The van der Waals surface area contributed by atoms with Gasteiger partial charge >= 0.3 is 0 Å². The zero-order valence-electron chi connectivity index (χ0n) is 9.99. The molecular formula is C13H20N2O. The highest BCUT2D eigenvalue weighted by atomic mass is 16.5. The van der Waals surface area contributed by atoms with Gasteiger partial charge in [-0.3, -0.25) is 5.41 Å². The second-order valence-corrected chi connectivity index (χ2v) is 4.59. The van der Waals surface area contributed by atoms with E-state index >= 15 is 0 Å². The molecule has 0 aliphatic rings. The summed E-state index contributed by atoms with van der Waals surface area (Å²) in [6, 6.07) is 10.1. The van der Waals surface area contributed by atoms with Gasteiger partial charge in [-0.25, -0.2) is 0 Å². The van der Waals surface area contributed by atoms with E-state index in [1.807, 2.05) is 44.2 Å². The molecule has 0 aromatic heterocycles. The van der Waals surface area contributed by atoms with Crippen molar-refractivity contribution < 1.29 is 4.74 Å². The topological polar surface area (TPSA) is 59.1 Å². The summed E-state index contributed by atoms with van der Waals surface area (Å²) >= 11 is 0. The van der Waals surface area contributed by atoms with Crippen molar-refractivity contribution in [2.45, 2.75) is 26.9 Å². The number of ether oxygens (including phenoxy) is 1. The van der Waals surface area contributed by atoms with Gasteiger partial charge in [-0.05, 0) is 12.0 Å². The Morgan fingerprint density at radius 1 is 1.31 bits per heavy atom. The molecule has 1 rings (SSSR count). The fraction of sp³-hybridized carbons (Fsp3) is 0.462. The predicted molar refractivity (Wildman–Crippen MR) is 66.4 cm³/mol. The lowest BCUT2D eigenvalue weighted by Crippen LogP contribution is -2.31. The van der Waals surface area contributed by atoms with Crippen LogP contribution in [0, 0.1) is 10.8 Å². The minimum absolute atomic E-state index is 0.218. The van der Waals surface area contributed by atoms with Crippen molar-refractivity contribution >= 4 is 5.84 Å². The van der Waals surface area contributed by atoms with Gasteiger partial charge in [0.05, 0.1) is 12.4 Å². The van der Waals surface area contributed by atoms with Crippen LogP contribution in [0.4, 0.5) is 0 Å². The maximum atomic E-state index is 7.42. The van der Waals surface area contributed by atoms with Crippen molar-refractivity contribution in [3.63, 3.8) is 0 Å². The molecule has 1 aromatic carbocycles. The lowest BCUT2D eigenvalue weighted by atomic mass is 9.88. The van der Waals surface area contributed by atoms with Gasteiger partial charge in [-0.1, -0.05) is 44.2 Å². The molecule has 16 heavy (non-hydrogen) atoms. The maximum Gasteiger partial charge on any atom is 0.0963 e. The molecule has 0 heterocycles. The Kier molecular flexibility index (Phi) is 4.50. The SMILES string of the molecule is CC(C)(CCOCc1ccccc1)C(=N)N. The summed E-state index contributed by atoms with van der Waals surface area (Å²) in [6.07, 6.45) is 0.773. The van der Waals surface area contributed by atoms with E-state index in [4.69, 9.17) is 15.9 Å². The molecule has 0 amide bonds. The summed E-state index contributed by atoms with van der Waals surface area (Å²) in [4.78, 5) is 0. The second-order valence-electron chi connectivity index (χ2n) is 4.59. The van der Waals surface area contributed by atoms with Crippen LogP contribution in [0.2, 0.25) is 0 Å². The smallest absolute Gasteiger partial charge is 0.0963 e. The number of nitrogens with two attached hydrogens (primary N) is 1. The van der Waals surface area contributed by atoms with Crippen LogP contribution < -0.4 is 5.73 Å². The van der Waals surface area contributed by atoms with Crippen molar-refractivity contribution in [2.24, 2.45) is 11.1 Å². The second kappa shape index (κ2) is 5.66. The van der Waals surface area contributed by atoms with Gasteiger partial charge < -0.3 is 10.5 Å². The fourth-order valence-corrected chi connectivity index (χ4v) is 1.23. The highest BCUT2D eigenvalue weighted by molar-refractivity contribution is 5.82. The van der Waals surface area contributed by atoms with Gasteiger partial charge in [-0.2, -0.15) is 0 Å². The first-order chi connectivity index (χ1) is 7.52. The molecule has 3 N–H and O–H groups in total. The molecule has 0 spiro atoms. The Morgan fingerprint density at radius 2 is 1.94 bits per heavy atom. The van der Waals surface area contributed by atoms with E-state index in [-0.39, 0.29) is 11.3 Å². The average Bonchev–Trinajstić information content (AvgIpc) is 2.26. The lowest BCUT2D eigenvalue weighted by Gasteiger charge is -2.22. The van der Waals surface area contributed by atoms with Crippen molar-refractivity contribution in [2.75, 3.05) is 6.61 Å². The molecule has 1 aromatic rings. The van der Waals surface area contributed by atoms with E-state index in [1.54, 1.807) is 0 Å². The highest BCUT2D eigenvalue weighted by Crippen LogP contribution is 2.19. The Balaban J connectivity index is 2.25. The van der Waals surface area contributed by atoms with Crippen LogP contribution in [-0.4, -0.2) is 12.4 Å². The van der Waals surface area contributed by atoms with E-state index in [2.05, 4.69) is 0 Å². The van der Waals surface area contributed by atoms with E-state index in [9.17, 15) is 0 Å². The summed E-state index contributed by atoms with van der Waals surface area (Å²) in [5.74, 6) is 0.218. The number of amidine groups is 1. The van der Waals surface area contributed by atoms with Crippen LogP contribution in [0.3, 0.4) is 0 Å². The standard InChI is InChI=1S/C13H20N2O/c1-13(2,12(14)15)8-9-16-10-11-6-4-3-5-7-11/h3-7H,8-10H2,1-2H3,(H3,14,15). The molecule has 0 fully saturated rings. The first kappa shape index (κ1) is 12.7. The van der Waals surface area contributed by atoms with Gasteiger partial charge in [0.15, 0.2) is 0 Å². The van der Waals surface area contributed by atoms with Gasteiger partial charge in [-0.15, -0.1) is 0 Å². The zero-order valence-corrected chi connectivity index (χ0v) is 9.99. The Bertz CT molecular complexity index is 333. The quantitative estimate of drug-likeness (QED) is 0.440. The molecule has 0 saturated heterocycles. The first-order valence-electron chi connectivity index (χ1n) is 5.48. The highest BCUT2D eigenvalue weighted by Gasteiger charge is 2.20. The number of benzene rings is 1. The predicted octanol–water partition coefficient (Wildman–Crippen LogP) is 2.56. The number of hydrogen-bond acceptors (Lipinski definition) is 2. The number of nitrogens with one attached hydrogen (secondary N) is 1. The zero-order chi connectivity index (χ0) is 12.0. The molecule has 0 radical (unpaired) electrons. The van der Waals surface area contributed by atoms with Crippen LogP contribution in [0.15, 0.2) is 30.3 Å². The van der Waals surface area contributed by atoms with Crippen molar-refractivity contribution in [3.05, 3.63) is 35.9 Å². The molecule has 0 aliphatic carbocycles. The van der Waals surface area contributed by atoms with E-state index in [0.717, 1.165) is 6.42 Å². The normalized spacial score (nSPS) is 11.4. The van der Waals surface area contributed by atoms with Gasteiger partial charge in [0, 0.05) is 12.0 Å². The third-order valence-corrected chi connectivity index (χ3v) is 2.71. The molecule has 0 aliphatic heterocycles. The minimum atomic E-state index is -0.267. The fourth-order valence-electron chi connectivity index (χ4n) is 1.23. The van der Waals surface area contributed by atoms with Gasteiger partial charge in [0.2, 0.25) is 0 Å². The van der Waals surface area contributed by atoms with E-state index in [0.29, 0.717) is 13.2 Å². The van der Waals surface area contributed by atoms with Gasteiger partial charge in [0.25, 0.3) is 0 Å². The lowest BCUT2D eigenvalue weighted by molar-refractivity contribution is 0.104. The Hall–Kier alpha value is -1.35. The molecule has 3 nitrogen and oxygen atoms in total. The molecule has 3 heteroatoms. The molecule has 0 bridgehead atoms. The third kappa shape index (κ3) is 4.03. The largest absolute Gasteiger partial charge is 0.387 e. The van der Waals surface area contributed by atoms with Crippen LogP contribution in [0.1, 0.15) is 25.8 Å². The van der Waals surface area contributed by atoms with Crippen molar-refractivity contribution in [1.82, 2.24) is 0 Å². The third-order valence-electron chi connectivity index (χ3n) is 2.71. The Labute approximate surface area is 97.1 Å². The summed E-state index contributed by atoms with van der Waals surface area (Å²) in [5, 5.41) is 7.42. The van der Waals surface area contributed by atoms with Crippen LogP contribution in [-0.2, 0) is 11.3 Å². The van der Waals surface area contributed by atoms with Crippen molar-refractivity contribution in [1.29, 1.82) is 5.41 Å². The van der Waals surface area contributed by atoms with Crippen LogP contribution >= 0.6 is 0 Å². The van der Waals surface area contributed by atoms with E-state index < -0.39 is 0 Å². The van der Waals surface area contributed by atoms with Crippen LogP contribution in [0.5, 0.6) is 0 Å². The van der Waals surface area contributed by atoms with Gasteiger partial charge in [0.1, 0.15) is 0 Å². The molecule has 0 atom stereocenters. The monoisotopic (exact) mass is 220 g/mol. The number of hydrogen-bond donors (Lipinski definition) is 2. The first-order valence-corrected chi connectivity index (χ1v) is 5.48. The molecule has 0 unspecified atom stereocenters. The van der Waals surface area contributed by atoms with E-state index in [1.165, 1.54) is 5.56 Å². The summed E-state index contributed by atoms with van der Waals surface area (Å²) in [6.45, 7) is 5.17. The molecular weight excluding hydrogens is 200 g/mol. The van der Waals surface area contributed by atoms with Crippen LogP contribution in [0.25, 0.3) is 0 Å². The Morgan fingerprint density at radius 3 is 2.50 bits per heavy atom.